The van der Waals surface area contributed by atoms with Gasteiger partial charge in [-0.05, 0) is 55.8 Å². The lowest BCUT2D eigenvalue weighted by Crippen LogP contribution is -2.54. The van der Waals surface area contributed by atoms with Gasteiger partial charge in [-0.3, -0.25) is 9.78 Å². The fourth-order valence-corrected chi connectivity index (χ4v) is 5.25. The number of carbonyl (C=O) groups is 1. The molecule has 32 heavy (non-hydrogen) atoms. The predicted octanol–water partition coefficient (Wildman–Crippen LogP) is 3.98. The van der Waals surface area contributed by atoms with E-state index in [1.54, 1.807) is 12.3 Å². The minimum Gasteiger partial charge on any atom is -0.370 e. The van der Waals surface area contributed by atoms with E-state index in [9.17, 15) is 4.79 Å². The van der Waals surface area contributed by atoms with Crippen LogP contribution in [0, 0.1) is 11.8 Å². The van der Waals surface area contributed by atoms with E-state index in [-0.39, 0.29) is 11.9 Å². The molecule has 2 atom stereocenters. The molecule has 2 aliphatic rings. The summed E-state index contributed by atoms with van der Waals surface area (Å²) in [4.78, 5) is 24.9. The third-order valence-electron chi connectivity index (χ3n) is 6.53. The normalized spacial score (nSPS) is 20.6. The second kappa shape index (κ2) is 10.2. The molecule has 3 N–H and O–H groups in total. The Bertz CT molecular complexity index is 952. The number of aromatic nitrogens is 2. The summed E-state index contributed by atoms with van der Waals surface area (Å²) < 4.78 is 0. The van der Waals surface area contributed by atoms with Crippen molar-refractivity contribution in [2.45, 2.75) is 32.2 Å². The van der Waals surface area contributed by atoms with Gasteiger partial charge in [0.2, 0.25) is 5.91 Å². The first-order valence-electron chi connectivity index (χ1n) is 11.2. The van der Waals surface area contributed by atoms with Gasteiger partial charge in [0.1, 0.15) is 11.6 Å². The molecule has 0 saturated carbocycles. The van der Waals surface area contributed by atoms with Crippen LogP contribution in [0.4, 0.5) is 11.6 Å². The van der Waals surface area contributed by atoms with E-state index in [0.717, 1.165) is 49.9 Å². The Labute approximate surface area is 199 Å². The van der Waals surface area contributed by atoms with Crippen molar-refractivity contribution in [1.82, 2.24) is 14.9 Å². The zero-order chi connectivity index (χ0) is 22.7. The molecule has 1 amide bonds. The Morgan fingerprint density at radius 3 is 2.81 bits per heavy atom. The van der Waals surface area contributed by atoms with Crippen molar-refractivity contribution in [3.8, 4) is 0 Å². The van der Waals surface area contributed by atoms with Crippen LogP contribution in [0.25, 0.3) is 0 Å². The van der Waals surface area contributed by atoms with E-state index in [1.165, 1.54) is 12.8 Å². The minimum absolute atomic E-state index is 0.0259. The van der Waals surface area contributed by atoms with E-state index < -0.39 is 0 Å². The number of carbonyl (C=O) groups excluding carboxylic acids is 1. The van der Waals surface area contributed by atoms with Crippen LogP contribution in [0.1, 0.15) is 37.8 Å². The SMILES string of the molecule is C[C@@H](Nc1cncc(N2CC([C@H]3CCCN(CCC(N)=O)C3)C2)n1)c1ccc(Cl)cc1Cl. The number of nitrogens with zero attached hydrogens (tertiary/aromatic N) is 4. The molecule has 4 rings (SSSR count). The molecule has 1 aromatic carbocycles. The van der Waals surface area contributed by atoms with E-state index in [1.807, 2.05) is 25.3 Å². The highest BCUT2D eigenvalue weighted by atomic mass is 35.5. The third kappa shape index (κ3) is 5.63. The lowest BCUT2D eigenvalue weighted by molar-refractivity contribution is -0.118. The van der Waals surface area contributed by atoms with Gasteiger partial charge in [0, 0.05) is 42.6 Å². The molecule has 9 heteroatoms. The van der Waals surface area contributed by atoms with Crippen LogP contribution in [0.5, 0.6) is 0 Å². The molecule has 0 unspecified atom stereocenters. The number of hydrogen-bond donors (Lipinski definition) is 2. The zero-order valence-electron chi connectivity index (χ0n) is 18.3. The molecule has 7 nitrogen and oxygen atoms in total. The number of primary amides is 1. The van der Waals surface area contributed by atoms with Crippen LogP contribution in [0.15, 0.2) is 30.6 Å². The maximum atomic E-state index is 11.1. The van der Waals surface area contributed by atoms with Crippen molar-refractivity contribution < 1.29 is 4.79 Å². The molecular weight excluding hydrogens is 447 g/mol. The number of anilines is 2. The molecular formula is C23H30Cl2N6O. The highest BCUT2D eigenvalue weighted by Crippen LogP contribution is 2.34. The van der Waals surface area contributed by atoms with Crippen LogP contribution in [0.2, 0.25) is 10.0 Å². The van der Waals surface area contributed by atoms with Crippen molar-refractivity contribution >= 4 is 40.7 Å². The Morgan fingerprint density at radius 2 is 2.06 bits per heavy atom. The number of nitrogens with two attached hydrogens (primary N) is 1. The minimum atomic E-state index is -0.221. The van der Waals surface area contributed by atoms with Crippen LogP contribution >= 0.6 is 23.2 Å². The molecule has 2 fully saturated rings. The summed E-state index contributed by atoms with van der Waals surface area (Å²) in [6.45, 7) is 6.91. The smallest absolute Gasteiger partial charge is 0.218 e. The van der Waals surface area contributed by atoms with Gasteiger partial charge in [-0.2, -0.15) is 0 Å². The summed E-state index contributed by atoms with van der Waals surface area (Å²) >= 11 is 12.4. The lowest BCUT2D eigenvalue weighted by atomic mass is 9.80. The van der Waals surface area contributed by atoms with Crippen LogP contribution < -0.4 is 16.0 Å². The summed E-state index contributed by atoms with van der Waals surface area (Å²) in [5.41, 5.74) is 6.27. The van der Waals surface area contributed by atoms with Crippen LogP contribution in [0.3, 0.4) is 0 Å². The fourth-order valence-electron chi connectivity index (χ4n) is 4.68. The van der Waals surface area contributed by atoms with Gasteiger partial charge in [-0.15, -0.1) is 0 Å². The average molecular weight is 477 g/mol. The topological polar surface area (TPSA) is 87.4 Å². The second-order valence-electron chi connectivity index (χ2n) is 8.88. The van der Waals surface area contributed by atoms with Gasteiger partial charge in [0.15, 0.2) is 0 Å². The van der Waals surface area contributed by atoms with Crippen LogP contribution in [-0.4, -0.2) is 53.5 Å². The van der Waals surface area contributed by atoms with E-state index in [4.69, 9.17) is 33.9 Å². The Hall–Kier alpha value is -2.09. The Kier molecular flexibility index (Phi) is 7.38. The van der Waals surface area contributed by atoms with Gasteiger partial charge in [0.25, 0.3) is 0 Å². The molecule has 2 aliphatic heterocycles. The average Bonchev–Trinajstić information content (AvgIpc) is 2.72. The number of rotatable bonds is 8. The number of piperidine rings is 1. The largest absolute Gasteiger partial charge is 0.370 e. The van der Waals surface area contributed by atoms with E-state index >= 15 is 0 Å². The first kappa shape index (κ1) is 23.1. The molecule has 2 saturated heterocycles. The molecule has 0 spiro atoms. The molecule has 1 aromatic heterocycles. The van der Waals surface area contributed by atoms with Gasteiger partial charge in [0.05, 0.1) is 18.4 Å². The second-order valence-corrected chi connectivity index (χ2v) is 9.72. The van der Waals surface area contributed by atoms with Crippen molar-refractivity contribution in [2.75, 3.05) is 42.9 Å². The van der Waals surface area contributed by atoms with E-state index in [2.05, 4.69) is 20.1 Å². The van der Waals surface area contributed by atoms with Crippen molar-refractivity contribution in [3.63, 3.8) is 0 Å². The summed E-state index contributed by atoms with van der Waals surface area (Å²) in [7, 11) is 0. The molecule has 0 aliphatic carbocycles. The van der Waals surface area contributed by atoms with Gasteiger partial charge >= 0.3 is 0 Å². The molecule has 2 aromatic rings. The van der Waals surface area contributed by atoms with Gasteiger partial charge in [-0.25, -0.2) is 4.98 Å². The number of hydrogen-bond acceptors (Lipinski definition) is 6. The maximum Gasteiger partial charge on any atom is 0.218 e. The molecule has 3 heterocycles. The van der Waals surface area contributed by atoms with Gasteiger partial charge in [-0.1, -0.05) is 29.3 Å². The standard InChI is InChI=1S/C23H30Cl2N6O/c1-15(19-5-4-18(24)9-20(19)25)28-22-10-27-11-23(29-22)31-13-17(14-31)16-3-2-7-30(12-16)8-6-21(26)32/h4-5,9-11,15-17H,2-3,6-8,12-14H2,1H3,(H2,26,32)(H,28,29)/t15-,16+/m1/s1. The predicted molar refractivity (Wildman–Crippen MR) is 129 cm³/mol. The maximum absolute atomic E-state index is 11.1. The number of likely N-dealkylation sites (tertiary alicyclic amines) is 1. The quantitative estimate of drug-likeness (QED) is 0.598. The number of halogens is 2. The molecule has 0 radical (unpaired) electrons. The monoisotopic (exact) mass is 476 g/mol. The molecule has 172 valence electrons. The summed E-state index contributed by atoms with van der Waals surface area (Å²) in [5, 5.41) is 4.64. The molecule has 0 bridgehead atoms. The summed E-state index contributed by atoms with van der Waals surface area (Å²) in [6, 6.07) is 5.49. The lowest BCUT2D eigenvalue weighted by Gasteiger charge is -2.47. The zero-order valence-corrected chi connectivity index (χ0v) is 19.8. The van der Waals surface area contributed by atoms with Crippen molar-refractivity contribution in [3.05, 3.63) is 46.2 Å². The van der Waals surface area contributed by atoms with Crippen molar-refractivity contribution in [2.24, 2.45) is 17.6 Å². The number of benzene rings is 1. The number of amides is 1. The third-order valence-corrected chi connectivity index (χ3v) is 7.09. The summed E-state index contributed by atoms with van der Waals surface area (Å²) in [6.07, 6.45) is 6.43. The van der Waals surface area contributed by atoms with Crippen molar-refractivity contribution in [1.29, 1.82) is 0 Å². The fraction of sp³-hybridized carbons (Fsp3) is 0.522. The van der Waals surface area contributed by atoms with Crippen LogP contribution in [-0.2, 0) is 4.79 Å². The highest BCUT2D eigenvalue weighted by molar-refractivity contribution is 6.35. The van der Waals surface area contributed by atoms with Gasteiger partial charge < -0.3 is 20.9 Å². The summed E-state index contributed by atoms with van der Waals surface area (Å²) in [5.74, 6) is 2.70. The number of nitrogens with one attached hydrogen (secondary N) is 1. The highest BCUT2D eigenvalue weighted by Gasteiger charge is 2.36. The first-order valence-corrected chi connectivity index (χ1v) is 11.9. The Morgan fingerprint density at radius 1 is 1.25 bits per heavy atom. The Balaban J connectivity index is 1.31. The first-order chi connectivity index (χ1) is 15.4. The van der Waals surface area contributed by atoms with E-state index in [0.29, 0.717) is 28.3 Å².